The van der Waals surface area contributed by atoms with Gasteiger partial charge in [0.15, 0.2) is 6.61 Å². The van der Waals surface area contributed by atoms with Gasteiger partial charge in [-0.1, -0.05) is 13.3 Å². The molecule has 0 unspecified atom stereocenters. The minimum atomic E-state index is -1.34. The number of carboxylic acids is 1. The van der Waals surface area contributed by atoms with Crippen molar-refractivity contribution in [2.75, 3.05) is 18.6 Å². The molecule has 0 saturated heterocycles. The second kappa shape index (κ2) is 9.45. The fraction of sp³-hybridized carbons (Fsp3) is 0.421. The molecule has 2 aromatic rings. The maximum absolute atomic E-state index is 12.0. The molecule has 1 aromatic heterocycles. The number of fused-ring (bicyclic) bond motifs is 1. The minimum absolute atomic E-state index is 0.203. The molecular formula is C19H22NO6S-. The van der Waals surface area contributed by atoms with Crippen LogP contribution in [0.1, 0.15) is 24.5 Å². The van der Waals surface area contributed by atoms with Crippen molar-refractivity contribution in [2.45, 2.75) is 32.7 Å². The van der Waals surface area contributed by atoms with Gasteiger partial charge < -0.3 is 24.4 Å². The summed E-state index contributed by atoms with van der Waals surface area (Å²) in [7, 11) is 0. The zero-order chi connectivity index (χ0) is 20.0. The van der Waals surface area contributed by atoms with Crippen molar-refractivity contribution in [3.05, 3.63) is 39.7 Å². The molecule has 0 aliphatic carbocycles. The maximum Gasteiger partial charge on any atom is 0.336 e. The lowest BCUT2D eigenvalue weighted by atomic mass is 10.0. The van der Waals surface area contributed by atoms with Gasteiger partial charge in [-0.25, -0.2) is 4.79 Å². The third kappa shape index (κ3) is 5.26. The molecule has 27 heavy (non-hydrogen) atoms. The van der Waals surface area contributed by atoms with Crippen molar-refractivity contribution >= 4 is 34.6 Å². The average molecular weight is 392 g/mol. The lowest BCUT2D eigenvalue weighted by Gasteiger charge is -2.19. The van der Waals surface area contributed by atoms with Gasteiger partial charge in [0.1, 0.15) is 11.3 Å². The highest BCUT2D eigenvalue weighted by atomic mass is 32.2. The lowest BCUT2D eigenvalue weighted by molar-refractivity contribution is -0.307. The van der Waals surface area contributed by atoms with E-state index in [9.17, 15) is 19.5 Å². The Hall–Kier alpha value is -2.48. The Morgan fingerprint density at radius 2 is 2.11 bits per heavy atom. The summed E-state index contributed by atoms with van der Waals surface area (Å²) in [5.41, 5.74) is 1.51. The molecule has 2 rings (SSSR count). The van der Waals surface area contributed by atoms with Crippen LogP contribution in [0.5, 0.6) is 5.75 Å². The Morgan fingerprint density at radius 1 is 1.37 bits per heavy atom. The highest BCUT2D eigenvalue weighted by Crippen LogP contribution is 2.28. The molecule has 1 amide bonds. The summed E-state index contributed by atoms with van der Waals surface area (Å²) < 4.78 is 10.8. The van der Waals surface area contributed by atoms with E-state index in [0.717, 1.165) is 23.8 Å². The molecule has 1 aromatic carbocycles. The quantitative estimate of drug-likeness (QED) is 0.635. The largest absolute Gasteiger partial charge is 0.548 e. The van der Waals surface area contributed by atoms with E-state index < -0.39 is 23.5 Å². The van der Waals surface area contributed by atoms with Crippen LogP contribution in [0.25, 0.3) is 11.0 Å². The molecule has 8 heteroatoms. The predicted molar refractivity (Wildman–Crippen MR) is 102 cm³/mol. The first-order valence-corrected chi connectivity index (χ1v) is 9.95. The first-order valence-electron chi connectivity index (χ1n) is 8.55. The number of benzene rings is 1. The van der Waals surface area contributed by atoms with E-state index in [1.54, 1.807) is 25.3 Å². The summed E-state index contributed by atoms with van der Waals surface area (Å²) >= 11 is 1.29. The summed E-state index contributed by atoms with van der Waals surface area (Å²) in [4.78, 5) is 34.8. The van der Waals surface area contributed by atoms with E-state index in [0.29, 0.717) is 16.9 Å². The second-order valence-electron chi connectivity index (χ2n) is 6.09. The van der Waals surface area contributed by atoms with Gasteiger partial charge in [0.05, 0.1) is 12.0 Å². The zero-order valence-electron chi connectivity index (χ0n) is 15.5. The van der Waals surface area contributed by atoms with Gasteiger partial charge in [0, 0.05) is 22.8 Å². The van der Waals surface area contributed by atoms with Gasteiger partial charge in [-0.2, -0.15) is 11.8 Å². The summed E-state index contributed by atoms with van der Waals surface area (Å²) in [5.74, 6) is -1.32. The van der Waals surface area contributed by atoms with E-state index in [4.69, 9.17) is 9.15 Å². The minimum Gasteiger partial charge on any atom is -0.548 e. The van der Waals surface area contributed by atoms with Crippen molar-refractivity contribution in [3.63, 3.8) is 0 Å². The van der Waals surface area contributed by atoms with Gasteiger partial charge in [0.25, 0.3) is 5.91 Å². The van der Waals surface area contributed by atoms with Crippen LogP contribution in [-0.4, -0.2) is 36.5 Å². The smallest absolute Gasteiger partial charge is 0.336 e. The van der Waals surface area contributed by atoms with Gasteiger partial charge in [-0.15, -0.1) is 0 Å². The third-order valence-electron chi connectivity index (χ3n) is 4.03. The number of aliphatic carboxylic acids is 1. The molecule has 0 aliphatic rings. The molecular weight excluding hydrogens is 370 g/mol. The van der Waals surface area contributed by atoms with Crippen molar-refractivity contribution in [2.24, 2.45) is 0 Å². The Bertz CT molecular complexity index is 892. The first kappa shape index (κ1) is 20.8. The van der Waals surface area contributed by atoms with Crippen LogP contribution in [-0.2, 0) is 16.0 Å². The highest BCUT2D eigenvalue weighted by molar-refractivity contribution is 7.98. The Balaban J connectivity index is 2.17. The van der Waals surface area contributed by atoms with E-state index in [-0.39, 0.29) is 12.4 Å². The number of carbonyl (C=O) groups is 2. The summed E-state index contributed by atoms with van der Waals surface area (Å²) in [6, 6.07) is 3.91. The number of aryl methyl sites for hydroxylation is 2. The fourth-order valence-corrected chi connectivity index (χ4v) is 3.31. The first-order chi connectivity index (χ1) is 12.9. The number of hydrogen-bond donors (Lipinski definition) is 1. The molecule has 7 nitrogen and oxygen atoms in total. The van der Waals surface area contributed by atoms with Crippen LogP contribution >= 0.6 is 11.8 Å². The number of thioether (sulfide) groups is 1. The summed E-state index contributed by atoms with van der Waals surface area (Å²) in [5, 5.41) is 14.2. The van der Waals surface area contributed by atoms with Gasteiger partial charge in [0.2, 0.25) is 0 Å². The molecule has 0 saturated carbocycles. The molecule has 0 fully saturated rings. The van der Waals surface area contributed by atoms with Crippen molar-refractivity contribution < 1.29 is 23.8 Å². The molecule has 1 atom stereocenters. The number of nitrogens with one attached hydrogen (secondary N) is 1. The van der Waals surface area contributed by atoms with Crippen LogP contribution in [0.2, 0.25) is 0 Å². The van der Waals surface area contributed by atoms with Crippen molar-refractivity contribution in [1.29, 1.82) is 0 Å². The monoisotopic (exact) mass is 392 g/mol. The van der Waals surface area contributed by atoms with Crippen molar-refractivity contribution in [1.82, 2.24) is 5.32 Å². The number of amides is 1. The van der Waals surface area contributed by atoms with Crippen LogP contribution in [0, 0.1) is 6.92 Å². The van der Waals surface area contributed by atoms with Crippen LogP contribution < -0.4 is 20.8 Å². The Morgan fingerprint density at radius 3 is 2.74 bits per heavy atom. The van der Waals surface area contributed by atoms with Gasteiger partial charge in [-0.3, -0.25) is 4.79 Å². The topological polar surface area (TPSA) is 109 Å². The maximum atomic E-state index is 12.0. The van der Waals surface area contributed by atoms with E-state index in [1.807, 2.05) is 6.92 Å². The number of carbonyl (C=O) groups excluding carboxylic acids is 2. The molecule has 0 radical (unpaired) electrons. The lowest BCUT2D eigenvalue weighted by Crippen LogP contribution is -2.50. The highest BCUT2D eigenvalue weighted by Gasteiger charge is 2.15. The molecule has 0 bridgehead atoms. The van der Waals surface area contributed by atoms with Crippen LogP contribution in [0.3, 0.4) is 0 Å². The van der Waals surface area contributed by atoms with Crippen LogP contribution in [0.4, 0.5) is 0 Å². The SMILES string of the molecule is CCCc1cc(=O)oc2c(C)c(OCC(=O)N[C@@H](CSC)C(=O)[O-])ccc12. The third-order valence-corrected chi connectivity index (χ3v) is 4.69. The fourth-order valence-electron chi connectivity index (χ4n) is 2.76. The second-order valence-corrected chi connectivity index (χ2v) is 7.00. The van der Waals surface area contributed by atoms with E-state index in [2.05, 4.69) is 5.32 Å². The number of rotatable bonds is 9. The van der Waals surface area contributed by atoms with Crippen molar-refractivity contribution in [3.8, 4) is 5.75 Å². The average Bonchev–Trinajstić information content (AvgIpc) is 2.61. The van der Waals surface area contributed by atoms with E-state index >= 15 is 0 Å². The number of ether oxygens (including phenoxy) is 1. The van der Waals surface area contributed by atoms with Gasteiger partial charge >= 0.3 is 5.63 Å². The standard InChI is InChI=1S/C19H23NO6S/c1-4-5-12-8-17(22)26-18-11(2)15(7-6-13(12)18)25-9-16(21)20-14(10-27-3)19(23)24/h6-8,14H,4-5,9-10H2,1-3H3,(H,20,21)(H,23,24)/p-1/t14-/m0/s1. The zero-order valence-corrected chi connectivity index (χ0v) is 16.3. The number of carboxylic acid groups (broad SMARTS) is 1. The summed E-state index contributed by atoms with van der Waals surface area (Å²) in [6.07, 6.45) is 3.38. The predicted octanol–water partition coefficient (Wildman–Crippen LogP) is 1.03. The van der Waals surface area contributed by atoms with Gasteiger partial charge in [-0.05, 0) is 37.3 Å². The Kier molecular flexibility index (Phi) is 7.29. The summed E-state index contributed by atoms with van der Waals surface area (Å²) in [6.45, 7) is 3.41. The molecule has 1 heterocycles. The normalized spacial score (nSPS) is 12.0. The Labute approximate surface area is 161 Å². The molecule has 146 valence electrons. The number of hydrogen-bond acceptors (Lipinski definition) is 7. The molecule has 0 spiro atoms. The van der Waals surface area contributed by atoms with E-state index in [1.165, 1.54) is 17.8 Å². The molecule has 0 aliphatic heterocycles. The van der Waals surface area contributed by atoms with Crippen LogP contribution in [0.15, 0.2) is 27.4 Å². The molecule has 1 N–H and O–H groups in total.